The minimum Gasteiger partial charge on any atom is -0.493 e. The van der Waals surface area contributed by atoms with E-state index in [2.05, 4.69) is 10.5 Å². The van der Waals surface area contributed by atoms with Crippen LogP contribution in [0.25, 0.3) is 0 Å². The molecule has 148 valence electrons. The quantitative estimate of drug-likeness (QED) is 0.402. The van der Waals surface area contributed by atoms with Gasteiger partial charge in [0, 0.05) is 6.07 Å². The summed E-state index contributed by atoms with van der Waals surface area (Å²) >= 11 is 0. The number of aryl methyl sites for hydroxylation is 1. The number of hydrazone groups is 1. The Labute approximate surface area is 162 Å². The molecular formula is C19H21N3O6. The van der Waals surface area contributed by atoms with Crippen molar-refractivity contribution in [3.05, 3.63) is 57.6 Å². The lowest BCUT2D eigenvalue weighted by atomic mass is 10.2. The maximum absolute atomic E-state index is 11.9. The molecule has 0 heterocycles. The Balaban J connectivity index is 1.94. The fraction of sp³-hybridized carbons (Fsp3) is 0.263. The molecule has 0 aromatic heterocycles. The van der Waals surface area contributed by atoms with Gasteiger partial charge in [0.15, 0.2) is 23.9 Å². The van der Waals surface area contributed by atoms with E-state index in [1.165, 1.54) is 18.3 Å². The Bertz CT molecular complexity index is 882. The van der Waals surface area contributed by atoms with Crippen LogP contribution in [0.4, 0.5) is 5.69 Å². The van der Waals surface area contributed by atoms with Gasteiger partial charge in [-0.05, 0) is 49.2 Å². The predicted octanol–water partition coefficient (Wildman–Crippen LogP) is 2.84. The monoisotopic (exact) mass is 387 g/mol. The van der Waals surface area contributed by atoms with E-state index >= 15 is 0 Å². The highest BCUT2D eigenvalue weighted by atomic mass is 16.6. The summed E-state index contributed by atoms with van der Waals surface area (Å²) in [6.45, 7) is 3.66. The number of carbonyl (C=O) groups is 1. The number of hydrogen-bond acceptors (Lipinski definition) is 7. The fourth-order valence-electron chi connectivity index (χ4n) is 2.29. The normalized spacial score (nSPS) is 10.5. The molecule has 0 fully saturated rings. The van der Waals surface area contributed by atoms with Crippen LogP contribution in [0, 0.1) is 17.0 Å². The molecule has 1 N–H and O–H groups in total. The van der Waals surface area contributed by atoms with Gasteiger partial charge in [-0.25, -0.2) is 5.43 Å². The molecule has 0 aliphatic rings. The predicted molar refractivity (Wildman–Crippen MR) is 103 cm³/mol. The number of carbonyl (C=O) groups excluding carboxylic acids is 1. The van der Waals surface area contributed by atoms with Crippen molar-refractivity contribution in [1.82, 2.24) is 5.43 Å². The van der Waals surface area contributed by atoms with E-state index in [1.54, 1.807) is 38.3 Å². The number of methoxy groups -OCH3 is 1. The minimum atomic E-state index is -0.558. The molecule has 0 spiro atoms. The third-order valence-electron chi connectivity index (χ3n) is 3.56. The van der Waals surface area contributed by atoms with Crippen LogP contribution in [0.5, 0.6) is 17.2 Å². The summed E-state index contributed by atoms with van der Waals surface area (Å²) in [5, 5.41) is 14.9. The van der Waals surface area contributed by atoms with Gasteiger partial charge in [0.1, 0.15) is 0 Å². The van der Waals surface area contributed by atoms with Gasteiger partial charge in [-0.1, -0.05) is 6.07 Å². The molecule has 0 unspecified atom stereocenters. The lowest BCUT2D eigenvalue weighted by molar-refractivity contribution is -0.385. The van der Waals surface area contributed by atoms with Crippen molar-refractivity contribution in [3.63, 3.8) is 0 Å². The summed E-state index contributed by atoms with van der Waals surface area (Å²) in [5.74, 6) is 0.627. The molecule has 0 saturated carbocycles. The maximum atomic E-state index is 11.9. The van der Waals surface area contributed by atoms with Crippen molar-refractivity contribution in [3.8, 4) is 17.2 Å². The summed E-state index contributed by atoms with van der Waals surface area (Å²) in [6.07, 6.45) is 1.44. The van der Waals surface area contributed by atoms with Crippen molar-refractivity contribution in [2.75, 3.05) is 20.3 Å². The second kappa shape index (κ2) is 9.91. The highest BCUT2D eigenvalue weighted by molar-refractivity contribution is 5.83. The first-order chi connectivity index (χ1) is 13.4. The van der Waals surface area contributed by atoms with Gasteiger partial charge < -0.3 is 14.2 Å². The summed E-state index contributed by atoms with van der Waals surface area (Å²) < 4.78 is 15.9. The molecule has 0 atom stereocenters. The van der Waals surface area contributed by atoms with Crippen LogP contribution >= 0.6 is 0 Å². The Hall–Kier alpha value is -3.62. The summed E-state index contributed by atoms with van der Waals surface area (Å²) in [7, 11) is 1.55. The number of nitro benzene ring substituents is 1. The zero-order valence-electron chi connectivity index (χ0n) is 15.8. The molecule has 9 nitrogen and oxygen atoms in total. The van der Waals surface area contributed by atoms with E-state index in [1.807, 2.05) is 6.92 Å². The number of nitro groups is 1. The Morgan fingerprint density at radius 1 is 1.18 bits per heavy atom. The standard InChI is InChI=1S/C19H21N3O6/c1-4-27-18-10-14(6-8-17(18)26-3)11-20-21-19(23)12-28-16-7-5-13(2)9-15(16)22(24)25/h5-11H,4,12H2,1-3H3,(H,21,23)/b20-11-. The van der Waals surface area contributed by atoms with E-state index in [0.717, 1.165) is 5.56 Å². The van der Waals surface area contributed by atoms with Gasteiger partial charge in [-0.3, -0.25) is 14.9 Å². The van der Waals surface area contributed by atoms with Crippen LogP contribution in [0.15, 0.2) is 41.5 Å². The molecule has 28 heavy (non-hydrogen) atoms. The topological polar surface area (TPSA) is 112 Å². The van der Waals surface area contributed by atoms with Crippen LogP contribution in [0.1, 0.15) is 18.1 Å². The largest absolute Gasteiger partial charge is 0.493 e. The van der Waals surface area contributed by atoms with Crippen molar-refractivity contribution < 1.29 is 23.9 Å². The van der Waals surface area contributed by atoms with Gasteiger partial charge in [0.2, 0.25) is 0 Å². The third kappa shape index (κ3) is 5.70. The molecule has 9 heteroatoms. The molecule has 0 aliphatic carbocycles. The zero-order chi connectivity index (χ0) is 20.5. The maximum Gasteiger partial charge on any atom is 0.311 e. The van der Waals surface area contributed by atoms with E-state index in [9.17, 15) is 14.9 Å². The highest BCUT2D eigenvalue weighted by Crippen LogP contribution is 2.28. The van der Waals surface area contributed by atoms with E-state index in [4.69, 9.17) is 14.2 Å². The molecule has 0 radical (unpaired) electrons. The van der Waals surface area contributed by atoms with Gasteiger partial charge in [-0.2, -0.15) is 5.10 Å². The first kappa shape index (κ1) is 20.7. The second-order valence-corrected chi connectivity index (χ2v) is 5.65. The van der Waals surface area contributed by atoms with Crippen molar-refractivity contribution in [1.29, 1.82) is 0 Å². The first-order valence-electron chi connectivity index (χ1n) is 8.45. The smallest absolute Gasteiger partial charge is 0.311 e. The van der Waals surface area contributed by atoms with E-state index in [-0.39, 0.29) is 11.4 Å². The number of benzene rings is 2. The van der Waals surface area contributed by atoms with Crippen molar-refractivity contribution >= 4 is 17.8 Å². The van der Waals surface area contributed by atoms with E-state index in [0.29, 0.717) is 23.7 Å². The number of nitrogens with one attached hydrogen (secondary N) is 1. The summed E-state index contributed by atoms with van der Waals surface area (Å²) in [6, 6.07) is 9.71. The Kier molecular flexibility index (Phi) is 7.32. The van der Waals surface area contributed by atoms with Crippen LogP contribution in [-0.2, 0) is 4.79 Å². The van der Waals surface area contributed by atoms with Crippen LogP contribution in [-0.4, -0.2) is 37.4 Å². The van der Waals surface area contributed by atoms with Crippen molar-refractivity contribution in [2.45, 2.75) is 13.8 Å². The lowest BCUT2D eigenvalue weighted by Crippen LogP contribution is -2.24. The molecule has 0 bridgehead atoms. The average molecular weight is 387 g/mol. The fourth-order valence-corrected chi connectivity index (χ4v) is 2.29. The molecule has 2 aromatic rings. The highest BCUT2D eigenvalue weighted by Gasteiger charge is 2.16. The number of rotatable bonds is 9. The van der Waals surface area contributed by atoms with Gasteiger partial charge in [-0.15, -0.1) is 0 Å². The molecular weight excluding hydrogens is 366 g/mol. The average Bonchev–Trinajstić information content (AvgIpc) is 2.67. The molecule has 0 saturated heterocycles. The third-order valence-corrected chi connectivity index (χ3v) is 3.56. The van der Waals surface area contributed by atoms with Gasteiger partial charge >= 0.3 is 5.69 Å². The lowest BCUT2D eigenvalue weighted by Gasteiger charge is -2.09. The van der Waals surface area contributed by atoms with Crippen LogP contribution < -0.4 is 19.6 Å². The number of hydrogen-bond donors (Lipinski definition) is 1. The zero-order valence-corrected chi connectivity index (χ0v) is 15.8. The number of nitrogens with zero attached hydrogens (tertiary/aromatic N) is 2. The first-order valence-corrected chi connectivity index (χ1v) is 8.45. The number of ether oxygens (including phenoxy) is 3. The molecule has 0 aliphatic heterocycles. The molecule has 2 aromatic carbocycles. The van der Waals surface area contributed by atoms with Crippen molar-refractivity contribution in [2.24, 2.45) is 5.10 Å². The molecule has 1 amide bonds. The van der Waals surface area contributed by atoms with E-state index < -0.39 is 17.4 Å². The van der Waals surface area contributed by atoms with Gasteiger partial charge in [0.25, 0.3) is 5.91 Å². The SMILES string of the molecule is CCOc1cc(/C=N\NC(=O)COc2ccc(C)cc2[N+](=O)[O-])ccc1OC. The van der Waals surface area contributed by atoms with Gasteiger partial charge in [0.05, 0.1) is 24.9 Å². The second-order valence-electron chi connectivity index (χ2n) is 5.65. The molecule has 2 rings (SSSR count). The number of amides is 1. The van der Waals surface area contributed by atoms with Crippen LogP contribution in [0.3, 0.4) is 0 Å². The minimum absolute atomic E-state index is 0.0197. The Morgan fingerprint density at radius 2 is 1.93 bits per heavy atom. The summed E-state index contributed by atoms with van der Waals surface area (Å²) in [4.78, 5) is 22.4. The Morgan fingerprint density at radius 3 is 2.61 bits per heavy atom. The summed E-state index contributed by atoms with van der Waals surface area (Å²) in [5.41, 5.74) is 3.52. The van der Waals surface area contributed by atoms with Crippen LogP contribution in [0.2, 0.25) is 0 Å².